The van der Waals surface area contributed by atoms with Crippen molar-refractivity contribution in [3.05, 3.63) is 59.5 Å². The number of likely N-dealkylation sites (N-methyl/N-ethyl adjacent to an activating group) is 1. The van der Waals surface area contributed by atoms with E-state index in [0.717, 1.165) is 42.8 Å². The van der Waals surface area contributed by atoms with Crippen molar-refractivity contribution in [3.63, 3.8) is 0 Å². The van der Waals surface area contributed by atoms with Crippen LogP contribution in [0.4, 0.5) is 0 Å². The number of oxazole rings is 1. The second-order valence-corrected chi connectivity index (χ2v) is 7.28. The van der Waals surface area contributed by atoms with Gasteiger partial charge in [0.2, 0.25) is 0 Å². The Bertz CT molecular complexity index is 887. The van der Waals surface area contributed by atoms with Crippen LogP contribution in [-0.2, 0) is 12.8 Å². The molecule has 4 nitrogen and oxygen atoms in total. The van der Waals surface area contributed by atoms with E-state index in [-0.39, 0.29) is 0 Å². The molecule has 1 unspecified atom stereocenters. The highest BCUT2D eigenvalue weighted by molar-refractivity contribution is 5.72. The Labute approximate surface area is 154 Å². The van der Waals surface area contributed by atoms with Crippen LogP contribution in [0, 0.1) is 0 Å². The number of hydrogen-bond acceptors (Lipinski definition) is 4. The molecule has 1 atom stereocenters. The zero-order valence-electron chi connectivity index (χ0n) is 15.6. The summed E-state index contributed by atoms with van der Waals surface area (Å²) < 4.78 is 10.9. The van der Waals surface area contributed by atoms with Crippen molar-refractivity contribution in [2.24, 2.45) is 0 Å². The van der Waals surface area contributed by atoms with Crippen molar-refractivity contribution >= 4 is 11.1 Å². The lowest BCUT2D eigenvalue weighted by Gasteiger charge is -2.30. The molecule has 1 heterocycles. The smallest absolute Gasteiger partial charge is 0.181 e. The Kier molecular flexibility index (Phi) is 4.93. The molecule has 0 aliphatic heterocycles. The number of ether oxygens (including phenoxy) is 1. The number of nitrogens with zero attached hydrogens (tertiary/aromatic N) is 2. The predicted octanol–water partition coefficient (Wildman–Crippen LogP) is 4.43. The van der Waals surface area contributed by atoms with E-state index in [4.69, 9.17) is 9.15 Å². The molecule has 4 heteroatoms. The molecule has 0 radical (unpaired) electrons. The zero-order chi connectivity index (χ0) is 17.9. The minimum absolute atomic E-state index is 0.594. The van der Waals surface area contributed by atoms with E-state index in [0.29, 0.717) is 5.92 Å². The summed E-state index contributed by atoms with van der Waals surface area (Å²) in [5, 5.41) is 0. The SMILES string of the molecule is COc1cccc2c1CCCC2CN(C)CCc1ccc2ocnc2c1. The van der Waals surface area contributed by atoms with Crippen molar-refractivity contribution in [2.75, 3.05) is 27.2 Å². The van der Waals surface area contributed by atoms with Gasteiger partial charge in [-0.3, -0.25) is 0 Å². The van der Waals surface area contributed by atoms with Crippen LogP contribution in [0.5, 0.6) is 5.75 Å². The molecule has 0 spiro atoms. The number of fused-ring (bicyclic) bond motifs is 2. The van der Waals surface area contributed by atoms with E-state index < -0.39 is 0 Å². The third kappa shape index (κ3) is 3.47. The maximum absolute atomic E-state index is 5.57. The van der Waals surface area contributed by atoms with Crippen molar-refractivity contribution in [3.8, 4) is 5.75 Å². The molecule has 1 aliphatic rings. The highest BCUT2D eigenvalue weighted by atomic mass is 16.5. The van der Waals surface area contributed by atoms with E-state index in [2.05, 4.69) is 47.3 Å². The fourth-order valence-corrected chi connectivity index (χ4v) is 4.14. The number of rotatable bonds is 6. The number of aromatic nitrogens is 1. The van der Waals surface area contributed by atoms with Gasteiger partial charge in [0.15, 0.2) is 12.0 Å². The third-order valence-corrected chi connectivity index (χ3v) is 5.52. The van der Waals surface area contributed by atoms with Gasteiger partial charge < -0.3 is 14.1 Å². The van der Waals surface area contributed by atoms with Crippen LogP contribution in [0.1, 0.15) is 35.4 Å². The molecule has 136 valence electrons. The molecular weight excluding hydrogens is 324 g/mol. The monoisotopic (exact) mass is 350 g/mol. The van der Waals surface area contributed by atoms with Gasteiger partial charge >= 0.3 is 0 Å². The topological polar surface area (TPSA) is 38.5 Å². The Balaban J connectivity index is 1.40. The number of hydrogen-bond donors (Lipinski definition) is 0. The van der Waals surface area contributed by atoms with Crippen LogP contribution >= 0.6 is 0 Å². The summed E-state index contributed by atoms with van der Waals surface area (Å²) in [6.07, 6.45) is 6.17. The quantitative estimate of drug-likeness (QED) is 0.659. The van der Waals surface area contributed by atoms with Gasteiger partial charge in [0.05, 0.1) is 7.11 Å². The molecule has 0 amide bonds. The van der Waals surface area contributed by atoms with Gasteiger partial charge in [0.25, 0.3) is 0 Å². The molecule has 0 saturated heterocycles. The maximum atomic E-state index is 5.57. The summed E-state index contributed by atoms with van der Waals surface area (Å²) in [4.78, 5) is 6.70. The Morgan fingerprint density at radius 3 is 3.08 bits per heavy atom. The second-order valence-electron chi connectivity index (χ2n) is 7.28. The fourth-order valence-electron chi connectivity index (χ4n) is 4.14. The van der Waals surface area contributed by atoms with Crippen LogP contribution in [0.25, 0.3) is 11.1 Å². The van der Waals surface area contributed by atoms with Gasteiger partial charge in [-0.15, -0.1) is 0 Å². The minimum Gasteiger partial charge on any atom is -0.496 e. The second kappa shape index (κ2) is 7.50. The lowest BCUT2D eigenvalue weighted by atomic mass is 9.82. The van der Waals surface area contributed by atoms with Gasteiger partial charge in [-0.2, -0.15) is 0 Å². The molecule has 1 aliphatic carbocycles. The summed E-state index contributed by atoms with van der Waals surface area (Å²) in [7, 11) is 4.00. The molecule has 1 aromatic heterocycles. The molecule has 0 fully saturated rings. The number of benzene rings is 2. The van der Waals surface area contributed by atoms with E-state index in [1.165, 1.54) is 35.9 Å². The Hall–Kier alpha value is -2.33. The van der Waals surface area contributed by atoms with Crippen LogP contribution < -0.4 is 4.74 Å². The first-order chi connectivity index (χ1) is 12.7. The van der Waals surface area contributed by atoms with Crippen molar-refractivity contribution in [2.45, 2.75) is 31.6 Å². The van der Waals surface area contributed by atoms with Crippen LogP contribution in [0.3, 0.4) is 0 Å². The van der Waals surface area contributed by atoms with E-state index in [1.807, 2.05) is 6.07 Å². The van der Waals surface area contributed by atoms with Crippen LogP contribution in [0.2, 0.25) is 0 Å². The predicted molar refractivity (Wildman–Crippen MR) is 104 cm³/mol. The van der Waals surface area contributed by atoms with Crippen molar-refractivity contribution in [1.29, 1.82) is 0 Å². The lowest BCUT2D eigenvalue weighted by Crippen LogP contribution is -2.28. The molecule has 3 aromatic rings. The largest absolute Gasteiger partial charge is 0.496 e. The van der Waals surface area contributed by atoms with Gasteiger partial charge in [-0.05, 0) is 73.5 Å². The fraction of sp³-hybridized carbons (Fsp3) is 0.409. The highest BCUT2D eigenvalue weighted by Gasteiger charge is 2.23. The normalized spacial score (nSPS) is 16.8. The summed E-state index contributed by atoms with van der Waals surface area (Å²) in [5.74, 6) is 1.65. The first-order valence-electron chi connectivity index (χ1n) is 9.41. The van der Waals surface area contributed by atoms with Crippen molar-refractivity contribution < 1.29 is 9.15 Å². The molecule has 0 bridgehead atoms. The van der Waals surface area contributed by atoms with Gasteiger partial charge in [-0.25, -0.2) is 4.98 Å². The van der Waals surface area contributed by atoms with Crippen molar-refractivity contribution in [1.82, 2.24) is 9.88 Å². The molecule has 0 N–H and O–H groups in total. The zero-order valence-corrected chi connectivity index (χ0v) is 15.6. The standard InChI is InChI=1S/C22H26N2O2/c1-24(12-11-16-9-10-22-20(13-16)23-15-26-22)14-17-5-3-7-19-18(17)6-4-8-21(19)25-2/h4,6,8-10,13,15,17H,3,5,7,11-12,14H2,1-2H3. The summed E-state index contributed by atoms with van der Waals surface area (Å²) in [6.45, 7) is 2.13. The molecular formula is C22H26N2O2. The van der Waals surface area contributed by atoms with Crippen LogP contribution in [-0.4, -0.2) is 37.1 Å². The average Bonchev–Trinajstić information content (AvgIpc) is 3.14. The Morgan fingerprint density at radius 2 is 2.19 bits per heavy atom. The van der Waals surface area contributed by atoms with Gasteiger partial charge in [-0.1, -0.05) is 18.2 Å². The average molecular weight is 350 g/mol. The highest BCUT2D eigenvalue weighted by Crippen LogP contribution is 2.36. The van der Waals surface area contributed by atoms with E-state index >= 15 is 0 Å². The summed E-state index contributed by atoms with van der Waals surface area (Å²) >= 11 is 0. The number of methoxy groups -OCH3 is 1. The molecule has 4 rings (SSSR count). The minimum atomic E-state index is 0.594. The molecule has 0 saturated carbocycles. The summed E-state index contributed by atoms with van der Waals surface area (Å²) in [6, 6.07) is 12.8. The summed E-state index contributed by atoms with van der Waals surface area (Å²) in [5.41, 5.74) is 6.00. The molecule has 2 aromatic carbocycles. The first-order valence-corrected chi connectivity index (χ1v) is 9.41. The first kappa shape index (κ1) is 17.1. The lowest BCUT2D eigenvalue weighted by molar-refractivity contribution is 0.299. The van der Waals surface area contributed by atoms with Gasteiger partial charge in [0.1, 0.15) is 11.3 Å². The van der Waals surface area contributed by atoms with E-state index in [1.54, 1.807) is 7.11 Å². The van der Waals surface area contributed by atoms with Crippen LogP contribution in [0.15, 0.2) is 47.2 Å². The Morgan fingerprint density at radius 1 is 1.27 bits per heavy atom. The molecule has 26 heavy (non-hydrogen) atoms. The van der Waals surface area contributed by atoms with E-state index in [9.17, 15) is 0 Å². The maximum Gasteiger partial charge on any atom is 0.181 e. The van der Waals surface area contributed by atoms with Gasteiger partial charge in [0, 0.05) is 13.1 Å². The third-order valence-electron chi connectivity index (χ3n) is 5.52.